The molecule has 0 aromatic carbocycles. The first-order valence-electron chi connectivity index (χ1n) is 3.89. The summed E-state index contributed by atoms with van der Waals surface area (Å²) in [6, 6.07) is 0. The third-order valence-corrected chi connectivity index (χ3v) is 2.56. The van der Waals surface area contributed by atoms with Crippen LogP contribution in [-0.2, 0) is 0 Å². The molecule has 2 atom stereocenters. The van der Waals surface area contributed by atoms with Crippen LogP contribution in [0.15, 0.2) is 23.2 Å². The summed E-state index contributed by atoms with van der Waals surface area (Å²) < 4.78 is 0. The van der Waals surface area contributed by atoms with E-state index in [1.807, 2.05) is 19.9 Å². The van der Waals surface area contributed by atoms with Crippen molar-refractivity contribution in [1.82, 2.24) is 0 Å². The quantitative estimate of drug-likeness (QED) is 0.385. The van der Waals surface area contributed by atoms with Crippen LogP contribution in [0.5, 0.6) is 0 Å². The Hall–Kier alpha value is -1.16. The molecule has 1 aliphatic rings. The lowest BCUT2D eigenvalue weighted by Crippen LogP contribution is -2.51. The van der Waals surface area contributed by atoms with E-state index in [-0.39, 0.29) is 5.92 Å². The van der Waals surface area contributed by atoms with Gasteiger partial charge < -0.3 is 22.9 Å². The van der Waals surface area contributed by atoms with E-state index in [9.17, 15) is 0 Å². The van der Waals surface area contributed by atoms with E-state index in [0.29, 0.717) is 17.1 Å². The summed E-state index contributed by atoms with van der Waals surface area (Å²) in [6.07, 6.45) is 1.84. The molecule has 68 valence electrons. The molecular formula is C8H16N4. The highest BCUT2D eigenvalue weighted by molar-refractivity contribution is 5.40. The molecule has 0 bridgehead atoms. The van der Waals surface area contributed by atoms with Crippen molar-refractivity contribution in [3.05, 3.63) is 23.2 Å². The predicted octanol–water partition coefficient (Wildman–Crippen LogP) is -0.675. The van der Waals surface area contributed by atoms with E-state index < -0.39 is 5.54 Å². The lowest BCUT2D eigenvalue weighted by Gasteiger charge is -2.35. The molecule has 0 amide bonds. The van der Waals surface area contributed by atoms with Crippen LogP contribution in [0.2, 0.25) is 0 Å². The van der Waals surface area contributed by atoms with Crippen LogP contribution < -0.4 is 22.9 Å². The minimum absolute atomic E-state index is 0.116. The van der Waals surface area contributed by atoms with Crippen LogP contribution in [-0.4, -0.2) is 5.54 Å². The molecule has 0 heterocycles. The van der Waals surface area contributed by atoms with Crippen molar-refractivity contribution in [2.24, 2.45) is 28.9 Å². The van der Waals surface area contributed by atoms with Crippen molar-refractivity contribution >= 4 is 0 Å². The SMILES string of the molecule is CC1C=C(N)C(N)=C(N)C1(C)N. The van der Waals surface area contributed by atoms with Crippen molar-refractivity contribution in [3.8, 4) is 0 Å². The minimum atomic E-state index is -0.576. The molecule has 1 aliphatic carbocycles. The topological polar surface area (TPSA) is 104 Å². The summed E-state index contributed by atoms with van der Waals surface area (Å²) >= 11 is 0. The lowest BCUT2D eigenvalue weighted by atomic mass is 9.80. The number of hydrogen-bond donors (Lipinski definition) is 4. The van der Waals surface area contributed by atoms with Crippen LogP contribution in [0.4, 0.5) is 0 Å². The molecule has 0 saturated heterocycles. The molecule has 0 radical (unpaired) electrons. The Balaban J connectivity index is 3.18. The smallest absolute Gasteiger partial charge is 0.0754 e. The molecule has 12 heavy (non-hydrogen) atoms. The third-order valence-electron chi connectivity index (χ3n) is 2.56. The highest BCUT2D eigenvalue weighted by atomic mass is 14.9. The van der Waals surface area contributed by atoms with Gasteiger partial charge in [-0.2, -0.15) is 0 Å². The van der Waals surface area contributed by atoms with Gasteiger partial charge in [-0.1, -0.05) is 13.0 Å². The molecule has 0 aromatic heterocycles. The minimum Gasteiger partial charge on any atom is -0.399 e. The summed E-state index contributed by atoms with van der Waals surface area (Å²) in [5, 5.41) is 0. The van der Waals surface area contributed by atoms with E-state index in [4.69, 9.17) is 22.9 Å². The highest BCUT2D eigenvalue weighted by Gasteiger charge is 2.33. The summed E-state index contributed by atoms with van der Waals surface area (Å²) in [5.41, 5.74) is 23.8. The monoisotopic (exact) mass is 168 g/mol. The van der Waals surface area contributed by atoms with Gasteiger partial charge in [0, 0.05) is 0 Å². The van der Waals surface area contributed by atoms with Crippen molar-refractivity contribution < 1.29 is 0 Å². The standard InChI is InChI=1S/C8H16N4/c1-4-3-5(9)6(10)7(11)8(4,2)12/h3-4H,9-12H2,1-2H3. The molecule has 4 nitrogen and oxygen atoms in total. The Morgan fingerprint density at radius 1 is 1.33 bits per heavy atom. The van der Waals surface area contributed by atoms with Gasteiger partial charge in [-0.15, -0.1) is 0 Å². The Labute approximate surface area is 72.3 Å². The number of nitrogens with two attached hydrogens (primary N) is 4. The lowest BCUT2D eigenvalue weighted by molar-refractivity contribution is 0.417. The average molecular weight is 168 g/mol. The third kappa shape index (κ3) is 1.04. The molecule has 0 saturated carbocycles. The Morgan fingerprint density at radius 3 is 2.33 bits per heavy atom. The van der Waals surface area contributed by atoms with Gasteiger partial charge in [0.05, 0.1) is 22.6 Å². The second kappa shape index (κ2) is 2.42. The Morgan fingerprint density at radius 2 is 1.83 bits per heavy atom. The second-order valence-electron chi connectivity index (χ2n) is 3.52. The van der Waals surface area contributed by atoms with Gasteiger partial charge in [-0.05, 0) is 12.8 Å². The van der Waals surface area contributed by atoms with Gasteiger partial charge in [-0.3, -0.25) is 0 Å². The summed E-state index contributed by atoms with van der Waals surface area (Å²) in [4.78, 5) is 0. The van der Waals surface area contributed by atoms with Crippen LogP contribution in [0.3, 0.4) is 0 Å². The summed E-state index contributed by atoms with van der Waals surface area (Å²) in [6.45, 7) is 3.81. The first-order chi connectivity index (χ1) is 5.37. The van der Waals surface area contributed by atoms with Crippen molar-refractivity contribution in [1.29, 1.82) is 0 Å². The normalized spacial score (nSPS) is 36.6. The fourth-order valence-electron chi connectivity index (χ4n) is 1.22. The van der Waals surface area contributed by atoms with E-state index in [1.54, 1.807) is 0 Å². The molecule has 0 aromatic rings. The van der Waals surface area contributed by atoms with E-state index >= 15 is 0 Å². The molecule has 4 heteroatoms. The van der Waals surface area contributed by atoms with Crippen molar-refractivity contribution in [2.45, 2.75) is 19.4 Å². The van der Waals surface area contributed by atoms with Crippen LogP contribution >= 0.6 is 0 Å². The maximum absolute atomic E-state index is 5.95. The van der Waals surface area contributed by atoms with Crippen molar-refractivity contribution in [3.63, 3.8) is 0 Å². The van der Waals surface area contributed by atoms with Crippen LogP contribution in [0.25, 0.3) is 0 Å². The number of hydrogen-bond acceptors (Lipinski definition) is 4. The Bertz CT molecular complexity index is 262. The predicted molar refractivity (Wildman–Crippen MR) is 49.4 cm³/mol. The zero-order valence-electron chi connectivity index (χ0n) is 7.46. The highest BCUT2D eigenvalue weighted by Crippen LogP contribution is 2.28. The summed E-state index contributed by atoms with van der Waals surface area (Å²) in [7, 11) is 0. The molecule has 0 spiro atoms. The molecule has 8 N–H and O–H groups in total. The van der Waals surface area contributed by atoms with Crippen molar-refractivity contribution in [2.75, 3.05) is 0 Å². The molecular weight excluding hydrogens is 152 g/mol. The average Bonchev–Trinajstić information content (AvgIpc) is 1.99. The molecule has 0 fully saturated rings. The van der Waals surface area contributed by atoms with Crippen LogP contribution in [0, 0.1) is 5.92 Å². The molecule has 0 aliphatic heterocycles. The van der Waals surface area contributed by atoms with E-state index in [2.05, 4.69) is 0 Å². The first-order valence-corrected chi connectivity index (χ1v) is 3.89. The van der Waals surface area contributed by atoms with Gasteiger partial charge in [0.2, 0.25) is 0 Å². The largest absolute Gasteiger partial charge is 0.399 e. The Kier molecular flexibility index (Phi) is 1.80. The molecule has 1 rings (SSSR count). The summed E-state index contributed by atoms with van der Waals surface area (Å²) in [5.74, 6) is 0.116. The fraction of sp³-hybridized carbons (Fsp3) is 0.500. The van der Waals surface area contributed by atoms with Gasteiger partial charge >= 0.3 is 0 Å². The number of rotatable bonds is 0. The molecule has 2 unspecified atom stereocenters. The maximum atomic E-state index is 5.95. The fourth-order valence-corrected chi connectivity index (χ4v) is 1.22. The van der Waals surface area contributed by atoms with Gasteiger partial charge in [0.15, 0.2) is 0 Å². The zero-order valence-corrected chi connectivity index (χ0v) is 7.46. The van der Waals surface area contributed by atoms with Crippen LogP contribution in [0.1, 0.15) is 13.8 Å². The first kappa shape index (κ1) is 8.93. The van der Waals surface area contributed by atoms with Gasteiger partial charge in [0.25, 0.3) is 0 Å². The second-order valence-corrected chi connectivity index (χ2v) is 3.52. The van der Waals surface area contributed by atoms with Gasteiger partial charge in [-0.25, -0.2) is 0 Å². The maximum Gasteiger partial charge on any atom is 0.0754 e. The van der Waals surface area contributed by atoms with E-state index in [1.165, 1.54) is 0 Å². The zero-order chi connectivity index (χ0) is 9.52. The van der Waals surface area contributed by atoms with E-state index in [0.717, 1.165) is 0 Å². The van der Waals surface area contributed by atoms with Gasteiger partial charge in [0.1, 0.15) is 0 Å².